The maximum atomic E-state index is 15.3. The lowest BCUT2D eigenvalue weighted by molar-refractivity contribution is 0.0322. The Morgan fingerprint density at radius 1 is 1.11 bits per heavy atom. The van der Waals surface area contributed by atoms with Crippen LogP contribution in [0.5, 0.6) is 5.75 Å². The van der Waals surface area contributed by atoms with E-state index in [1.807, 2.05) is 32.0 Å². The van der Waals surface area contributed by atoms with E-state index in [2.05, 4.69) is 0 Å². The van der Waals surface area contributed by atoms with Crippen LogP contribution in [0.1, 0.15) is 27.0 Å². The van der Waals surface area contributed by atoms with Crippen LogP contribution in [-0.2, 0) is 20.3 Å². The summed E-state index contributed by atoms with van der Waals surface area (Å²) in [5.74, 6) is -1.55. The number of rotatable bonds is 7. The van der Waals surface area contributed by atoms with Crippen LogP contribution in [0, 0.1) is 19.7 Å². The molecule has 1 saturated heterocycles. The molecule has 0 aliphatic carbocycles. The third-order valence-corrected chi connectivity index (χ3v) is 9.81. The highest BCUT2D eigenvalue weighted by Crippen LogP contribution is 2.32. The molecule has 2 atom stereocenters. The van der Waals surface area contributed by atoms with E-state index in [0.29, 0.717) is 12.1 Å². The van der Waals surface area contributed by atoms with Gasteiger partial charge in [-0.25, -0.2) is 12.8 Å². The number of carbonyl (C=O) groups excluding carboxylic acids is 1. The van der Waals surface area contributed by atoms with Crippen molar-refractivity contribution in [3.8, 4) is 5.75 Å². The number of amides is 1. The first-order valence-corrected chi connectivity index (χ1v) is 13.8. The van der Waals surface area contributed by atoms with Crippen LogP contribution in [0.4, 0.5) is 4.39 Å². The zero-order valence-electron chi connectivity index (χ0n) is 19.5. The summed E-state index contributed by atoms with van der Waals surface area (Å²) >= 11 is 6.97. The van der Waals surface area contributed by atoms with Crippen LogP contribution >= 0.6 is 22.9 Å². The van der Waals surface area contributed by atoms with Gasteiger partial charge in [0, 0.05) is 18.2 Å². The summed E-state index contributed by atoms with van der Waals surface area (Å²) in [6.07, 6.45) is -1.10. The number of hydrogen-bond acceptors (Lipinski definition) is 6. The Labute approximate surface area is 213 Å². The number of methoxy groups -OCH3 is 1. The minimum Gasteiger partial charge on any atom is -0.483 e. The molecule has 0 spiro atoms. The Morgan fingerprint density at radius 2 is 1.77 bits per heavy atom. The van der Waals surface area contributed by atoms with E-state index >= 15 is 4.39 Å². The molecule has 35 heavy (non-hydrogen) atoms. The molecule has 1 aromatic heterocycles. The first-order valence-electron chi connectivity index (χ1n) is 10.9. The molecule has 1 aliphatic rings. The van der Waals surface area contributed by atoms with Crippen molar-refractivity contribution in [1.82, 2.24) is 4.90 Å². The summed E-state index contributed by atoms with van der Waals surface area (Å²) in [5.41, 5.74) is 2.36. The highest BCUT2D eigenvalue weighted by Gasteiger charge is 2.38. The predicted molar refractivity (Wildman–Crippen MR) is 134 cm³/mol. The van der Waals surface area contributed by atoms with Gasteiger partial charge in [-0.05, 0) is 42.5 Å². The van der Waals surface area contributed by atoms with Gasteiger partial charge in [-0.3, -0.25) is 4.79 Å². The Kier molecular flexibility index (Phi) is 7.51. The average molecular weight is 538 g/mol. The molecule has 3 aromatic rings. The first-order chi connectivity index (χ1) is 16.6. The second-order valence-electron chi connectivity index (χ2n) is 8.45. The second kappa shape index (κ2) is 10.3. The van der Waals surface area contributed by atoms with E-state index in [-0.39, 0.29) is 33.0 Å². The molecule has 10 heteroatoms. The fraction of sp³-hybridized carbons (Fsp3) is 0.320. The number of nitrogens with zero attached hydrogens (tertiary/aromatic N) is 1. The summed E-state index contributed by atoms with van der Waals surface area (Å²) in [6, 6.07) is 11.5. The molecule has 1 fully saturated rings. The Balaban J connectivity index is 1.54. The lowest BCUT2D eigenvalue weighted by atomic mass is 10.0. The molecule has 0 radical (unpaired) electrons. The van der Waals surface area contributed by atoms with Crippen molar-refractivity contribution in [2.45, 2.75) is 36.0 Å². The van der Waals surface area contributed by atoms with E-state index in [9.17, 15) is 13.2 Å². The first kappa shape index (κ1) is 25.6. The van der Waals surface area contributed by atoms with Gasteiger partial charge in [0.1, 0.15) is 16.4 Å². The van der Waals surface area contributed by atoms with Crippen molar-refractivity contribution < 1.29 is 27.1 Å². The van der Waals surface area contributed by atoms with E-state index in [4.69, 9.17) is 21.1 Å². The van der Waals surface area contributed by atoms with Crippen LogP contribution < -0.4 is 4.74 Å². The number of benzene rings is 2. The van der Waals surface area contributed by atoms with Gasteiger partial charge < -0.3 is 14.4 Å². The predicted octanol–water partition coefficient (Wildman–Crippen LogP) is 5.05. The van der Waals surface area contributed by atoms with Crippen molar-refractivity contribution in [3.05, 3.63) is 80.9 Å². The molecule has 0 saturated carbocycles. The number of ether oxygens (including phenoxy) is 2. The number of halogens is 2. The minimum absolute atomic E-state index is 0.000723. The molecular formula is C25H25ClFNO5S2. The monoisotopic (exact) mass is 537 g/mol. The highest BCUT2D eigenvalue weighted by atomic mass is 35.5. The molecule has 1 aliphatic heterocycles. The lowest BCUT2D eigenvalue weighted by Crippen LogP contribution is -2.32. The summed E-state index contributed by atoms with van der Waals surface area (Å²) < 4.78 is 52.3. The van der Waals surface area contributed by atoms with E-state index in [0.717, 1.165) is 22.5 Å². The zero-order valence-corrected chi connectivity index (χ0v) is 21.8. The molecule has 0 N–H and O–H groups in total. The molecular weight excluding hydrogens is 513 g/mol. The number of thiophene rings is 1. The summed E-state index contributed by atoms with van der Waals surface area (Å²) in [6.45, 7) is 4.27. The normalized spacial score (nSPS) is 18.1. The molecule has 2 unspecified atom stereocenters. The Hall–Kier alpha value is -2.46. The maximum Gasteiger partial charge on any atom is 0.254 e. The zero-order chi connectivity index (χ0) is 25.3. The minimum atomic E-state index is -3.83. The quantitative estimate of drug-likeness (QED) is 0.422. The van der Waals surface area contributed by atoms with Crippen molar-refractivity contribution in [3.63, 3.8) is 0 Å². The SMILES string of the molecule is COC1CN(C(=O)c2c(C)cccc2C)CC1Oc1cccc(CS(=O)(=O)c2sccc2Cl)c1F. The van der Waals surface area contributed by atoms with E-state index < -0.39 is 33.6 Å². The number of carbonyl (C=O) groups is 1. The maximum absolute atomic E-state index is 15.3. The van der Waals surface area contributed by atoms with Gasteiger partial charge in [-0.15, -0.1) is 11.3 Å². The topological polar surface area (TPSA) is 72.9 Å². The fourth-order valence-electron chi connectivity index (χ4n) is 4.25. The number of aryl methyl sites for hydroxylation is 2. The van der Waals surface area contributed by atoms with Crippen LogP contribution in [0.25, 0.3) is 0 Å². The van der Waals surface area contributed by atoms with Gasteiger partial charge in [0.2, 0.25) is 0 Å². The van der Waals surface area contributed by atoms with Gasteiger partial charge in [-0.2, -0.15) is 0 Å². The number of likely N-dealkylation sites (tertiary alicyclic amines) is 1. The molecule has 4 rings (SSSR count). The van der Waals surface area contributed by atoms with Gasteiger partial charge in [-0.1, -0.05) is 41.9 Å². The largest absolute Gasteiger partial charge is 0.483 e. The van der Waals surface area contributed by atoms with Gasteiger partial charge in [0.15, 0.2) is 21.4 Å². The molecule has 2 heterocycles. The van der Waals surface area contributed by atoms with Gasteiger partial charge >= 0.3 is 0 Å². The third kappa shape index (κ3) is 5.23. The summed E-state index contributed by atoms with van der Waals surface area (Å²) in [4.78, 5) is 14.9. The summed E-state index contributed by atoms with van der Waals surface area (Å²) in [7, 11) is -2.32. The van der Waals surface area contributed by atoms with E-state index in [1.54, 1.807) is 10.3 Å². The van der Waals surface area contributed by atoms with Crippen LogP contribution in [0.2, 0.25) is 5.02 Å². The fourth-order valence-corrected chi connectivity index (χ4v) is 7.44. The van der Waals surface area contributed by atoms with Gasteiger partial charge in [0.25, 0.3) is 5.91 Å². The van der Waals surface area contributed by atoms with Crippen molar-refractivity contribution in [2.75, 3.05) is 20.2 Å². The third-order valence-electron chi connectivity index (χ3n) is 6.03. The summed E-state index contributed by atoms with van der Waals surface area (Å²) in [5, 5.41) is 1.69. The van der Waals surface area contributed by atoms with Crippen LogP contribution in [0.3, 0.4) is 0 Å². The lowest BCUT2D eigenvalue weighted by Gasteiger charge is -2.20. The number of sulfone groups is 1. The van der Waals surface area contributed by atoms with E-state index in [1.165, 1.54) is 31.4 Å². The smallest absolute Gasteiger partial charge is 0.254 e. The molecule has 0 bridgehead atoms. The molecule has 2 aromatic carbocycles. The van der Waals surface area contributed by atoms with Crippen LogP contribution in [0.15, 0.2) is 52.1 Å². The standard InChI is InChI=1S/C25H25ClFNO5S2/c1-15-6-4-7-16(2)22(15)24(29)28-12-20(32-3)21(13-28)33-19-9-5-8-17(23(19)27)14-35(30,31)25-18(26)10-11-34-25/h4-11,20-21H,12-14H2,1-3H3. The van der Waals surface area contributed by atoms with Crippen molar-refractivity contribution in [1.29, 1.82) is 0 Å². The van der Waals surface area contributed by atoms with Crippen LogP contribution in [-0.4, -0.2) is 51.6 Å². The molecule has 186 valence electrons. The van der Waals surface area contributed by atoms with Gasteiger partial charge in [0.05, 0.1) is 23.9 Å². The average Bonchev–Trinajstić information content (AvgIpc) is 3.42. The molecule has 1 amide bonds. The highest BCUT2D eigenvalue weighted by molar-refractivity contribution is 7.92. The number of hydrogen-bond donors (Lipinski definition) is 0. The second-order valence-corrected chi connectivity index (χ2v) is 12.0. The van der Waals surface area contributed by atoms with Crippen molar-refractivity contribution in [2.24, 2.45) is 0 Å². The van der Waals surface area contributed by atoms with Crippen molar-refractivity contribution >= 4 is 38.7 Å². The Bertz CT molecular complexity index is 1340. The Morgan fingerprint density at radius 3 is 2.40 bits per heavy atom. The molecule has 6 nitrogen and oxygen atoms in total.